The maximum Gasteiger partial charge on any atom is 0.314 e. The summed E-state index contributed by atoms with van der Waals surface area (Å²) in [6.45, 7) is 4.50. The van der Waals surface area contributed by atoms with Crippen LogP contribution in [0.4, 0.5) is 0 Å². The predicted molar refractivity (Wildman–Crippen MR) is 161 cm³/mol. The Kier molecular flexibility index (Phi) is 28.1. The Morgan fingerprint density at radius 2 is 0.946 bits per heavy atom. The first-order chi connectivity index (χ1) is 18.1. The quantitative estimate of drug-likeness (QED) is 0.0608. The number of unbranched alkanes of at least 4 members (excludes halogenated alkanes) is 19. The smallest absolute Gasteiger partial charge is 0.314 e. The van der Waals surface area contributed by atoms with Gasteiger partial charge in [-0.3, -0.25) is 9.59 Å². The van der Waals surface area contributed by atoms with E-state index in [-0.39, 0.29) is 5.78 Å². The first-order valence-corrected chi connectivity index (χ1v) is 16.2. The second-order valence-electron chi connectivity index (χ2n) is 11.0. The third-order valence-electron chi connectivity index (χ3n) is 7.41. The molecule has 0 saturated carbocycles. The number of aliphatic carboxylic acids is 1. The van der Waals surface area contributed by atoms with Gasteiger partial charge in [0.2, 0.25) is 0 Å². The van der Waals surface area contributed by atoms with Crippen LogP contribution in [-0.2, 0) is 9.59 Å². The van der Waals surface area contributed by atoms with Crippen LogP contribution in [0.3, 0.4) is 0 Å². The van der Waals surface area contributed by atoms with E-state index >= 15 is 0 Å². The highest BCUT2D eigenvalue weighted by molar-refractivity contribution is 5.98. The summed E-state index contributed by atoms with van der Waals surface area (Å²) in [6.07, 6.45) is 37.9. The van der Waals surface area contributed by atoms with Crippen LogP contribution in [0.1, 0.15) is 174 Å². The monoisotopic (exact) mass is 518 g/mol. The Labute approximate surface area is 231 Å². The van der Waals surface area contributed by atoms with Crippen LogP contribution in [0.5, 0.6) is 0 Å². The number of ketones is 1. The Balaban J connectivity index is 3.66. The molecule has 0 bridgehead atoms. The predicted octanol–water partition coefficient (Wildman–Crippen LogP) is 11.2. The lowest BCUT2D eigenvalue weighted by Crippen LogP contribution is -2.23. The number of carbonyl (C=O) groups excluding carboxylic acids is 1. The zero-order valence-electron chi connectivity index (χ0n) is 24.8. The molecule has 0 aliphatic carbocycles. The summed E-state index contributed by atoms with van der Waals surface area (Å²) in [5, 5.41) is 9.52. The second-order valence-corrected chi connectivity index (χ2v) is 11.0. The average molecular weight is 519 g/mol. The van der Waals surface area contributed by atoms with Crippen molar-refractivity contribution in [1.29, 1.82) is 0 Å². The van der Waals surface area contributed by atoms with E-state index in [0.717, 1.165) is 51.4 Å². The van der Waals surface area contributed by atoms with Gasteiger partial charge < -0.3 is 5.11 Å². The van der Waals surface area contributed by atoms with Crippen LogP contribution >= 0.6 is 0 Å². The van der Waals surface area contributed by atoms with E-state index in [1.165, 1.54) is 96.3 Å². The van der Waals surface area contributed by atoms with Crippen molar-refractivity contribution < 1.29 is 14.7 Å². The number of carbonyl (C=O) groups is 2. The van der Waals surface area contributed by atoms with E-state index in [1.54, 1.807) is 0 Å². The van der Waals surface area contributed by atoms with E-state index in [4.69, 9.17) is 0 Å². The van der Waals surface area contributed by atoms with Crippen molar-refractivity contribution in [3.63, 3.8) is 0 Å². The third kappa shape index (κ3) is 26.0. The van der Waals surface area contributed by atoms with Gasteiger partial charge in [-0.25, -0.2) is 0 Å². The van der Waals surface area contributed by atoms with E-state index in [2.05, 4.69) is 38.2 Å². The van der Waals surface area contributed by atoms with E-state index < -0.39 is 11.9 Å². The first kappa shape index (κ1) is 35.6. The van der Waals surface area contributed by atoms with Gasteiger partial charge in [0.1, 0.15) is 11.7 Å². The average Bonchev–Trinajstić information content (AvgIpc) is 2.88. The van der Waals surface area contributed by atoms with Crippen LogP contribution in [0.25, 0.3) is 0 Å². The number of carboxylic acids is 1. The minimum absolute atomic E-state index is 0.0544. The molecule has 0 saturated heterocycles. The Morgan fingerprint density at radius 1 is 0.541 bits per heavy atom. The fourth-order valence-corrected chi connectivity index (χ4v) is 4.90. The molecule has 0 aliphatic rings. The van der Waals surface area contributed by atoms with Crippen molar-refractivity contribution in [3.05, 3.63) is 24.3 Å². The van der Waals surface area contributed by atoms with Gasteiger partial charge in [-0.2, -0.15) is 0 Å². The zero-order chi connectivity index (χ0) is 27.2. The summed E-state index contributed by atoms with van der Waals surface area (Å²) >= 11 is 0. The second kappa shape index (κ2) is 29.2. The maximum atomic E-state index is 12.5. The van der Waals surface area contributed by atoms with Crippen molar-refractivity contribution in [3.8, 4) is 0 Å². The van der Waals surface area contributed by atoms with Crippen molar-refractivity contribution in [2.24, 2.45) is 5.92 Å². The SMILES string of the molecule is CCCCCC=CCC=CCCCCCCC(C(=O)O)C(=O)CCCCCCCCCCCCCCC. The fraction of sp³-hybridized carbons (Fsp3) is 0.824. The van der Waals surface area contributed by atoms with Gasteiger partial charge in [-0.15, -0.1) is 0 Å². The number of allylic oxidation sites excluding steroid dienone is 4. The van der Waals surface area contributed by atoms with Crippen LogP contribution in [0, 0.1) is 5.92 Å². The van der Waals surface area contributed by atoms with Gasteiger partial charge in [-0.1, -0.05) is 147 Å². The molecule has 0 heterocycles. The van der Waals surface area contributed by atoms with Crippen molar-refractivity contribution in [1.82, 2.24) is 0 Å². The molecule has 3 heteroatoms. The molecule has 0 spiro atoms. The molecule has 1 atom stereocenters. The highest BCUT2D eigenvalue weighted by Crippen LogP contribution is 2.18. The Morgan fingerprint density at radius 3 is 1.46 bits per heavy atom. The number of hydrogen-bond acceptors (Lipinski definition) is 2. The standard InChI is InChI=1S/C34H62O3/c1-3-5-7-9-11-13-15-17-19-20-22-24-26-28-30-32(34(36)37)33(35)31-29-27-25-23-21-18-16-14-12-10-8-6-4-2/h11,13,17,19,32H,3-10,12,14-16,18,20-31H2,1-2H3,(H,36,37). The highest BCUT2D eigenvalue weighted by atomic mass is 16.4. The number of carboxylic acid groups (broad SMARTS) is 1. The molecule has 0 radical (unpaired) electrons. The van der Waals surface area contributed by atoms with E-state index in [9.17, 15) is 14.7 Å². The van der Waals surface area contributed by atoms with Gasteiger partial charge in [0, 0.05) is 6.42 Å². The number of Topliss-reactive ketones (excluding diaryl/α,β-unsaturated/α-hetero) is 1. The lowest BCUT2D eigenvalue weighted by Gasteiger charge is -2.11. The van der Waals surface area contributed by atoms with Gasteiger partial charge in [0.25, 0.3) is 0 Å². The molecule has 216 valence electrons. The molecular formula is C34H62O3. The van der Waals surface area contributed by atoms with Crippen molar-refractivity contribution in [2.75, 3.05) is 0 Å². The van der Waals surface area contributed by atoms with Crippen LogP contribution in [0.15, 0.2) is 24.3 Å². The lowest BCUT2D eigenvalue weighted by atomic mass is 9.93. The summed E-state index contributed by atoms with van der Waals surface area (Å²) in [7, 11) is 0. The topological polar surface area (TPSA) is 54.4 Å². The summed E-state index contributed by atoms with van der Waals surface area (Å²) < 4.78 is 0. The lowest BCUT2D eigenvalue weighted by molar-refractivity contribution is -0.146. The van der Waals surface area contributed by atoms with Crippen LogP contribution < -0.4 is 0 Å². The Bertz CT molecular complexity index is 563. The van der Waals surface area contributed by atoms with Crippen molar-refractivity contribution in [2.45, 2.75) is 174 Å². The van der Waals surface area contributed by atoms with Gasteiger partial charge in [0.05, 0.1) is 0 Å². The van der Waals surface area contributed by atoms with E-state index in [1.807, 2.05) is 0 Å². The fourth-order valence-electron chi connectivity index (χ4n) is 4.90. The van der Waals surface area contributed by atoms with E-state index in [0.29, 0.717) is 12.8 Å². The van der Waals surface area contributed by atoms with Crippen molar-refractivity contribution >= 4 is 11.8 Å². The van der Waals surface area contributed by atoms with Crippen LogP contribution in [0.2, 0.25) is 0 Å². The summed E-state index contributed by atoms with van der Waals surface area (Å²) in [5.74, 6) is -1.77. The van der Waals surface area contributed by atoms with Gasteiger partial charge in [-0.05, 0) is 44.9 Å². The third-order valence-corrected chi connectivity index (χ3v) is 7.41. The molecule has 1 N–H and O–H groups in total. The van der Waals surface area contributed by atoms with Gasteiger partial charge >= 0.3 is 5.97 Å². The number of rotatable bonds is 29. The molecule has 0 aliphatic heterocycles. The van der Waals surface area contributed by atoms with Gasteiger partial charge in [0.15, 0.2) is 0 Å². The minimum atomic E-state index is -0.926. The maximum absolute atomic E-state index is 12.5. The molecular weight excluding hydrogens is 456 g/mol. The zero-order valence-corrected chi connectivity index (χ0v) is 24.8. The number of hydrogen-bond donors (Lipinski definition) is 1. The molecule has 3 nitrogen and oxygen atoms in total. The molecule has 37 heavy (non-hydrogen) atoms. The summed E-state index contributed by atoms with van der Waals surface area (Å²) in [4.78, 5) is 24.1. The molecule has 0 aromatic rings. The molecule has 0 aromatic heterocycles. The minimum Gasteiger partial charge on any atom is -0.481 e. The molecule has 0 fully saturated rings. The normalized spacial score (nSPS) is 12.6. The molecule has 0 rings (SSSR count). The van der Waals surface area contributed by atoms with Crippen LogP contribution in [-0.4, -0.2) is 16.9 Å². The molecule has 0 amide bonds. The largest absolute Gasteiger partial charge is 0.481 e. The summed E-state index contributed by atoms with van der Waals surface area (Å²) in [5.41, 5.74) is 0. The molecule has 1 unspecified atom stereocenters. The summed E-state index contributed by atoms with van der Waals surface area (Å²) in [6, 6.07) is 0. The Hall–Kier alpha value is -1.38. The first-order valence-electron chi connectivity index (χ1n) is 16.2. The highest BCUT2D eigenvalue weighted by Gasteiger charge is 2.24. The molecule has 0 aromatic carbocycles.